The van der Waals surface area contributed by atoms with Crippen molar-refractivity contribution in [2.24, 2.45) is 0 Å². The van der Waals surface area contributed by atoms with Crippen LogP contribution in [0.3, 0.4) is 0 Å². The summed E-state index contributed by atoms with van der Waals surface area (Å²) in [5.41, 5.74) is 4.94. The Hall–Kier alpha value is -3.03. The number of fused-ring (bicyclic) bond motifs is 1. The first-order valence-corrected chi connectivity index (χ1v) is 11.9. The maximum atomic E-state index is 12.7. The van der Waals surface area contributed by atoms with Crippen molar-refractivity contribution in [1.82, 2.24) is 20.4 Å². The molecule has 0 atom stereocenters. The van der Waals surface area contributed by atoms with Gasteiger partial charge in [0, 0.05) is 23.1 Å². The van der Waals surface area contributed by atoms with Crippen LogP contribution in [0.4, 0.5) is 0 Å². The third-order valence-electron chi connectivity index (χ3n) is 5.61. The lowest BCUT2D eigenvalue weighted by atomic mass is 10.1. The van der Waals surface area contributed by atoms with Crippen LogP contribution in [0.1, 0.15) is 36.2 Å². The van der Waals surface area contributed by atoms with E-state index in [2.05, 4.69) is 60.4 Å². The van der Waals surface area contributed by atoms with Gasteiger partial charge in [-0.05, 0) is 51.2 Å². The Morgan fingerprint density at radius 3 is 2.66 bits per heavy atom. The van der Waals surface area contributed by atoms with Gasteiger partial charge < -0.3 is 14.7 Å². The van der Waals surface area contributed by atoms with E-state index in [4.69, 9.17) is 9.51 Å². The van der Waals surface area contributed by atoms with E-state index in [1.54, 1.807) is 23.5 Å². The lowest BCUT2D eigenvalue weighted by Crippen LogP contribution is -2.29. The van der Waals surface area contributed by atoms with Crippen LogP contribution >= 0.6 is 11.3 Å². The Morgan fingerprint density at radius 2 is 1.91 bits per heavy atom. The van der Waals surface area contributed by atoms with Gasteiger partial charge >= 0.3 is 0 Å². The van der Waals surface area contributed by atoms with Crippen LogP contribution in [0.25, 0.3) is 32.9 Å². The lowest BCUT2D eigenvalue weighted by molar-refractivity contribution is 0.0952. The molecule has 0 aliphatic rings. The number of carbonyl (C=O) groups is 1. The quantitative estimate of drug-likeness (QED) is 0.348. The van der Waals surface area contributed by atoms with Crippen molar-refractivity contribution < 1.29 is 9.32 Å². The molecule has 2 heterocycles. The molecule has 6 nitrogen and oxygen atoms in total. The molecule has 32 heavy (non-hydrogen) atoms. The molecule has 0 radical (unpaired) electrons. The first-order chi connectivity index (χ1) is 15.6. The number of benzene rings is 2. The molecule has 2 aromatic heterocycles. The summed E-state index contributed by atoms with van der Waals surface area (Å²) in [6, 6.07) is 13.7. The van der Waals surface area contributed by atoms with E-state index in [0.29, 0.717) is 23.4 Å². The third-order valence-corrected chi connectivity index (χ3v) is 6.50. The van der Waals surface area contributed by atoms with E-state index in [0.717, 1.165) is 47.7 Å². The summed E-state index contributed by atoms with van der Waals surface area (Å²) in [5, 5.41) is 11.0. The van der Waals surface area contributed by atoms with Crippen LogP contribution < -0.4 is 5.32 Å². The Bertz CT molecular complexity index is 1190. The van der Waals surface area contributed by atoms with Gasteiger partial charge in [-0.2, -0.15) is 0 Å². The number of aryl methyl sites for hydroxylation is 1. The summed E-state index contributed by atoms with van der Waals surface area (Å²) in [5.74, 6) is -0.0859. The zero-order valence-corrected chi connectivity index (χ0v) is 19.5. The summed E-state index contributed by atoms with van der Waals surface area (Å²) in [4.78, 5) is 19.8. The molecule has 4 rings (SSSR count). The minimum Gasteiger partial charge on any atom is -0.356 e. The Kier molecular flexibility index (Phi) is 6.97. The average Bonchev–Trinajstić information content (AvgIpc) is 3.46. The Balaban J connectivity index is 1.49. The van der Waals surface area contributed by atoms with E-state index >= 15 is 0 Å². The van der Waals surface area contributed by atoms with Gasteiger partial charge in [0.25, 0.3) is 5.91 Å². The van der Waals surface area contributed by atoms with Crippen LogP contribution in [-0.4, -0.2) is 47.1 Å². The van der Waals surface area contributed by atoms with Gasteiger partial charge in [-0.25, -0.2) is 4.98 Å². The summed E-state index contributed by atoms with van der Waals surface area (Å²) in [7, 11) is 0. The van der Waals surface area contributed by atoms with Crippen molar-refractivity contribution in [2.45, 2.75) is 27.2 Å². The number of nitrogens with one attached hydrogen (secondary N) is 1. The van der Waals surface area contributed by atoms with Crippen LogP contribution in [0.2, 0.25) is 0 Å². The Labute approximate surface area is 192 Å². The summed E-state index contributed by atoms with van der Waals surface area (Å²) >= 11 is 1.57. The van der Waals surface area contributed by atoms with E-state index in [-0.39, 0.29) is 5.91 Å². The fourth-order valence-corrected chi connectivity index (χ4v) is 4.43. The summed E-state index contributed by atoms with van der Waals surface area (Å²) in [6.45, 7) is 10.1. The van der Waals surface area contributed by atoms with Crippen molar-refractivity contribution in [3.05, 3.63) is 59.0 Å². The number of hydrogen-bond acceptors (Lipinski definition) is 6. The van der Waals surface area contributed by atoms with Crippen LogP contribution in [0.15, 0.2) is 52.4 Å². The van der Waals surface area contributed by atoms with E-state index in [1.807, 2.05) is 11.4 Å². The molecule has 0 bridgehead atoms. The van der Waals surface area contributed by atoms with Crippen LogP contribution in [0.5, 0.6) is 0 Å². The fraction of sp³-hybridized carbons (Fsp3) is 0.320. The van der Waals surface area contributed by atoms with Gasteiger partial charge in [0.2, 0.25) is 0 Å². The summed E-state index contributed by atoms with van der Waals surface area (Å²) in [6.07, 6.45) is 0.925. The predicted octanol–water partition coefficient (Wildman–Crippen LogP) is 5.39. The molecule has 4 aromatic rings. The van der Waals surface area contributed by atoms with E-state index in [1.165, 1.54) is 5.56 Å². The van der Waals surface area contributed by atoms with Gasteiger partial charge in [0.15, 0.2) is 5.58 Å². The maximum absolute atomic E-state index is 12.7. The van der Waals surface area contributed by atoms with Gasteiger partial charge in [0.05, 0.1) is 5.39 Å². The zero-order chi connectivity index (χ0) is 22.5. The van der Waals surface area contributed by atoms with Gasteiger partial charge in [0.1, 0.15) is 16.4 Å². The van der Waals surface area contributed by atoms with Gasteiger partial charge in [-0.3, -0.25) is 4.79 Å². The third kappa shape index (κ3) is 4.89. The first-order valence-electron chi connectivity index (χ1n) is 11.0. The second-order valence-corrected chi connectivity index (χ2v) is 8.64. The standard InChI is InChI=1S/C25H28N4O2S/c1-4-29(5-2)14-6-13-26-24(30)19-11-12-22-20(15-19)23(28-31-22)21-16-32-25(27-21)18-9-7-17(3)8-10-18/h7-12,15-16H,4-6,13-14H2,1-3H3,(H,26,30). The number of nitrogens with zero attached hydrogens (tertiary/aromatic N) is 3. The van der Waals surface area contributed by atoms with Crippen molar-refractivity contribution in [3.63, 3.8) is 0 Å². The van der Waals surface area contributed by atoms with Crippen molar-refractivity contribution >= 4 is 28.2 Å². The largest absolute Gasteiger partial charge is 0.356 e. The number of thiazole rings is 1. The summed E-state index contributed by atoms with van der Waals surface area (Å²) < 4.78 is 5.50. The highest BCUT2D eigenvalue weighted by molar-refractivity contribution is 7.13. The Morgan fingerprint density at radius 1 is 1.12 bits per heavy atom. The molecule has 166 valence electrons. The fourth-order valence-electron chi connectivity index (χ4n) is 3.62. The smallest absolute Gasteiger partial charge is 0.251 e. The van der Waals surface area contributed by atoms with E-state index in [9.17, 15) is 4.79 Å². The lowest BCUT2D eigenvalue weighted by Gasteiger charge is -2.17. The average molecular weight is 449 g/mol. The van der Waals surface area contributed by atoms with Crippen molar-refractivity contribution in [1.29, 1.82) is 0 Å². The highest BCUT2D eigenvalue weighted by Crippen LogP contribution is 2.33. The van der Waals surface area contributed by atoms with Crippen molar-refractivity contribution in [2.75, 3.05) is 26.2 Å². The number of amides is 1. The topological polar surface area (TPSA) is 71.3 Å². The predicted molar refractivity (Wildman–Crippen MR) is 130 cm³/mol. The zero-order valence-electron chi connectivity index (χ0n) is 18.7. The first kappa shape index (κ1) is 22.2. The normalized spacial score (nSPS) is 11.4. The van der Waals surface area contributed by atoms with Gasteiger partial charge in [-0.15, -0.1) is 11.3 Å². The molecular weight excluding hydrogens is 420 g/mol. The molecule has 0 saturated heterocycles. The molecule has 0 saturated carbocycles. The second kappa shape index (κ2) is 10.1. The molecule has 7 heteroatoms. The second-order valence-electron chi connectivity index (χ2n) is 7.78. The molecule has 0 aliphatic carbocycles. The number of carbonyl (C=O) groups excluding carboxylic acids is 1. The van der Waals surface area contributed by atoms with Crippen LogP contribution in [-0.2, 0) is 0 Å². The van der Waals surface area contributed by atoms with Crippen LogP contribution in [0, 0.1) is 6.92 Å². The highest BCUT2D eigenvalue weighted by atomic mass is 32.1. The number of aromatic nitrogens is 2. The molecule has 1 amide bonds. The number of hydrogen-bond donors (Lipinski definition) is 1. The highest BCUT2D eigenvalue weighted by Gasteiger charge is 2.17. The van der Waals surface area contributed by atoms with E-state index < -0.39 is 0 Å². The minimum atomic E-state index is -0.0859. The molecule has 2 aromatic carbocycles. The monoisotopic (exact) mass is 448 g/mol. The minimum absolute atomic E-state index is 0.0859. The molecule has 0 aliphatic heterocycles. The molecular formula is C25H28N4O2S. The molecule has 0 fully saturated rings. The maximum Gasteiger partial charge on any atom is 0.251 e. The number of rotatable bonds is 9. The SMILES string of the molecule is CCN(CC)CCCNC(=O)c1ccc2onc(-c3csc(-c4ccc(C)cc4)n3)c2c1. The van der Waals surface area contributed by atoms with Crippen molar-refractivity contribution in [3.8, 4) is 22.0 Å². The molecule has 0 unspecified atom stereocenters. The molecule has 0 spiro atoms. The van der Waals surface area contributed by atoms with Gasteiger partial charge in [-0.1, -0.05) is 48.8 Å². The molecule has 1 N–H and O–H groups in total.